The summed E-state index contributed by atoms with van der Waals surface area (Å²) in [5.41, 5.74) is 9.65. The van der Waals surface area contributed by atoms with Crippen LogP contribution in [0, 0.1) is 5.92 Å². The number of aryl methyl sites for hydroxylation is 1. The van der Waals surface area contributed by atoms with Crippen LogP contribution in [-0.2, 0) is 6.42 Å². The van der Waals surface area contributed by atoms with E-state index in [1.165, 1.54) is 11.3 Å². The molecule has 3 N–H and O–H groups in total. The molecule has 2 aromatic rings. The molecule has 4 heteroatoms. The van der Waals surface area contributed by atoms with Crippen molar-refractivity contribution in [3.05, 3.63) is 60.2 Å². The van der Waals surface area contributed by atoms with Crippen LogP contribution >= 0.6 is 0 Å². The summed E-state index contributed by atoms with van der Waals surface area (Å²) in [6.45, 7) is 5.06. The van der Waals surface area contributed by atoms with E-state index in [2.05, 4.69) is 64.6 Å². The zero-order valence-electron chi connectivity index (χ0n) is 14.3. The number of nitrogens with one attached hydrogen (secondary N) is 1. The van der Waals surface area contributed by atoms with Crippen LogP contribution in [0.4, 0.5) is 11.4 Å². The van der Waals surface area contributed by atoms with Crippen molar-refractivity contribution in [1.29, 1.82) is 0 Å². The molecule has 3 rings (SSSR count). The second-order valence-corrected chi connectivity index (χ2v) is 6.34. The molecule has 1 saturated heterocycles. The van der Waals surface area contributed by atoms with Crippen molar-refractivity contribution in [2.24, 2.45) is 16.6 Å². The number of aliphatic imine (C=N–C) groups is 1. The van der Waals surface area contributed by atoms with Crippen LogP contribution < -0.4 is 16.0 Å². The summed E-state index contributed by atoms with van der Waals surface area (Å²) in [6.07, 6.45) is 2.18. The van der Waals surface area contributed by atoms with Crippen LogP contribution in [0.1, 0.15) is 18.9 Å². The Bertz CT molecular complexity index is 681. The summed E-state index contributed by atoms with van der Waals surface area (Å²) in [6, 6.07) is 18.9. The van der Waals surface area contributed by atoms with Crippen molar-refractivity contribution in [2.75, 3.05) is 29.9 Å². The molecule has 2 aromatic carbocycles. The van der Waals surface area contributed by atoms with Gasteiger partial charge in [0.05, 0.1) is 0 Å². The van der Waals surface area contributed by atoms with Crippen molar-refractivity contribution >= 4 is 17.3 Å². The minimum Gasteiger partial charge on any atom is -0.371 e. The van der Waals surface area contributed by atoms with Gasteiger partial charge in [0.25, 0.3) is 0 Å². The monoisotopic (exact) mass is 322 g/mol. The highest BCUT2D eigenvalue weighted by Crippen LogP contribution is 2.23. The molecule has 1 fully saturated rings. The van der Waals surface area contributed by atoms with Crippen LogP contribution in [0.3, 0.4) is 0 Å². The number of para-hydroxylation sites is 1. The van der Waals surface area contributed by atoms with Crippen LogP contribution in [0.2, 0.25) is 0 Å². The highest BCUT2D eigenvalue weighted by molar-refractivity contribution is 5.92. The summed E-state index contributed by atoms with van der Waals surface area (Å²) < 4.78 is 0. The van der Waals surface area contributed by atoms with Gasteiger partial charge in [-0.15, -0.1) is 0 Å². The predicted molar refractivity (Wildman–Crippen MR) is 103 cm³/mol. The molecule has 1 unspecified atom stereocenters. The van der Waals surface area contributed by atoms with Crippen molar-refractivity contribution in [1.82, 2.24) is 0 Å². The number of guanidine groups is 1. The van der Waals surface area contributed by atoms with Crippen LogP contribution in [-0.4, -0.2) is 25.6 Å². The smallest absolute Gasteiger partial charge is 0.193 e. The topological polar surface area (TPSA) is 53.6 Å². The third kappa shape index (κ3) is 4.28. The molecular formula is C20H26N4. The molecule has 0 saturated carbocycles. The molecule has 4 nitrogen and oxygen atoms in total. The Morgan fingerprint density at radius 2 is 2.04 bits per heavy atom. The van der Waals surface area contributed by atoms with Gasteiger partial charge >= 0.3 is 0 Å². The standard InChI is InChI=1S/C20H26N4/c1-2-16-7-6-8-18(13-16)23-20(21)22-14-17-11-12-24(15-17)19-9-4-3-5-10-19/h3-10,13,17H,2,11-12,14-15H2,1H3,(H3,21,22,23). The van der Waals surface area contributed by atoms with E-state index in [4.69, 9.17) is 5.73 Å². The van der Waals surface area contributed by atoms with Gasteiger partial charge in [-0.25, -0.2) is 0 Å². The van der Waals surface area contributed by atoms with Gasteiger partial charge in [-0.2, -0.15) is 0 Å². The highest BCUT2D eigenvalue weighted by Gasteiger charge is 2.22. The third-order valence-corrected chi connectivity index (χ3v) is 4.53. The fourth-order valence-corrected chi connectivity index (χ4v) is 3.14. The number of rotatable bonds is 5. The van der Waals surface area contributed by atoms with Gasteiger partial charge in [-0.05, 0) is 48.6 Å². The van der Waals surface area contributed by atoms with Gasteiger partial charge < -0.3 is 16.0 Å². The lowest BCUT2D eigenvalue weighted by atomic mass is 10.1. The molecule has 0 bridgehead atoms. The number of benzene rings is 2. The maximum atomic E-state index is 6.05. The van der Waals surface area contributed by atoms with E-state index in [0.717, 1.165) is 38.2 Å². The van der Waals surface area contributed by atoms with Gasteiger partial charge in [0, 0.05) is 31.0 Å². The lowest BCUT2D eigenvalue weighted by molar-refractivity contribution is 0.603. The molecule has 1 aliphatic heterocycles. The summed E-state index contributed by atoms with van der Waals surface area (Å²) in [5.74, 6) is 1.06. The summed E-state index contributed by atoms with van der Waals surface area (Å²) >= 11 is 0. The molecule has 1 aliphatic rings. The Hall–Kier alpha value is -2.49. The van der Waals surface area contributed by atoms with Gasteiger partial charge in [-0.3, -0.25) is 4.99 Å². The fourth-order valence-electron chi connectivity index (χ4n) is 3.14. The number of hydrogen-bond donors (Lipinski definition) is 2. The van der Waals surface area contributed by atoms with E-state index in [0.29, 0.717) is 11.9 Å². The highest BCUT2D eigenvalue weighted by atomic mass is 15.2. The molecular weight excluding hydrogens is 296 g/mol. The van der Waals surface area contributed by atoms with Crippen LogP contribution in [0.15, 0.2) is 59.6 Å². The van der Waals surface area contributed by atoms with Gasteiger partial charge in [0.15, 0.2) is 5.96 Å². The second kappa shape index (κ2) is 7.86. The number of hydrogen-bond acceptors (Lipinski definition) is 2. The third-order valence-electron chi connectivity index (χ3n) is 4.53. The van der Waals surface area contributed by atoms with E-state index in [-0.39, 0.29) is 0 Å². The van der Waals surface area contributed by atoms with Crippen molar-refractivity contribution in [2.45, 2.75) is 19.8 Å². The lowest BCUT2D eigenvalue weighted by Gasteiger charge is -2.18. The number of nitrogens with zero attached hydrogens (tertiary/aromatic N) is 2. The molecule has 0 amide bonds. The van der Waals surface area contributed by atoms with Crippen LogP contribution in [0.5, 0.6) is 0 Å². The first-order valence-electron chi connectivity index (χ1n) is 8.70. The van der Waals surface area contributed by atoms with Crippen LogP contribution in [0.25, 0.3) is 0 Å². The lowest BCUT2D eigenvalue weighted by Crippen LogP contribution is -2.25. The number of anilines is 2. The Morgan fingerprint density at radius 3 is 2.83 bits per heavy atom. The van der Waals surface area contributed by atoms with E-state index >= 15 is 0 Å². The Kier molecular flexibility index (Phi) is 5.36. The molecule has 1 atom stereocenters. The molecule has 0 aromatic heterocycles. The van der Waals surface area contributed by atoms with Gasteiger partial charge in [-0.1, -0.05) is 37.3 Å². The zero-order valence-corrected chi connectivity index (χ0v) is 14.3. The normalized spacial score (nSPS) is 18.0. The SMILES string of the molecule is CCc1cccc(NC(N)=NCC2CCN(c3ccccc3)C2)c1. The molecule has 0 spiro atoms. The van der Waals surface area contributed by atoms with Gasteiger partial charge in [0.2, 0.25) is 0 Å². The predicted octanol–water partition coefficient (Wildman–Crippen LogP) is 3.50. The summed E-state index contributed by atoms with van der Waals surface area (Å²) in [7, 11) is 0. The second-order valence-electron chi connectivity index (χ2n) is 6.34. The average Bonchev–Trinajstić information content (AvgIpc) is 3.10. The van der Waals surface area contributed by atoms with E-state index in [9.17, 15) is 0 Å². The zero-order chi connectivity index (χ0) is 16.8. The molecule has 0 aliphatic carbocycles. The van der Waals surface area contributed by atoms with Crippen molar-refractivity contribution < 1.29 is 0 Å². The molecule has 24 heavy (non-hydrogen) atoms. The first kappa shape index (κ1) is 16.4. The Labute approximate surface area is 144 Å². The van der Waals surface area contributed by atoms with E-state index in [1.54, 1.807) is 0 Å². The maximum absolute atomic E-state index is 6.05. The molecule has 1 heterocycles. The van der Waals surface area contributed by atoms with Gasteiger partial charge in [0.1, 0.15) is 0 Å². The quantitative estimate of drug-likeness (QED) is 0.654. The Morgan fingerprint density at radius 1 is 1.21 bits per heavy atom. The summed E-state index contributed by atoms with van der Waals surface area (Å²) in [5, 5.41) is 3.20. The fraction of sp³-hybridized carbons (Fsp3) is 0.350. The maximum Gasteiger partial charge on any atom is 0.193 e. The van der Waals surface area contributed by atoms with E-state index < -0.39 is 0 Å². The van der Waals surface area contributed by atoms with Crippen molar-refractivity contribution in [3.8, 4) is 0 Å². The number of nitrogens with two attached hydrogens (primary N) is 1. The molecule has 0 radical (unpaired) electrons. The molecule has 126 valence electrons. The van der Waals surface area contributed by atoms with E-state index in [1.807, 2.05) is 12.1 Å². The largest absolute Gasteiger partial charge is 0.371 e. The Balaban J connectivity index is 1.52. The first-order valence-corrected chi connectivity index (χ1v) is 8.70. The average molecular weight is 322 g/mol. The summed E-state index contributed by atoms with van der Waals surface area (Å²) in [4.78, 5) is 6.97. The van der Waals surface area contributed by atoms with Crippen molar-refractivity contribution in [3.63, 3.8) is 0 Å². The minimum atomic E-state index is 0.501. The first-order chi connectivity index (χ1) is 11.7. The minimum absolute atomic E-state index is 0.501.